The van der Waals surface area contributed by atoms with E-state index in [0.717, 1.165) is 23.4 Å². The van der Waals surface area contributed by atoms with E-state index in [-0.39, 0.29) is 5.41 Å². The number of alkyl halides is 3. The van der Waals surface area contributed by atoms with E-state index in [4.69, 9.17) is 0 Å². The molecule has 104 valence electrons. The molecule has 2 aromatic rings. The number of fused-ring (bicyclic) bond motifs is 1. The van der Waals surface area contributed by atoms with Gasteiger partial charge < -0.3 is 5.32 Å². The van der Waals surface area contributed by atoms with Crippen LogP contribution in [0.2, 0.25) is 0 Å². The van der Waals surface area contributed by atoms with Gasteiger partial charge in [-0.25, -0.2) is 4.98 Å². The highest BCUT2D eigenvalue weighted by Crippen LogP contribution is 2.34. The number of nitrogens with zero attached hydrogens (tertiary/aromatic N) is 1. The topological polar surface area (TPSA) is 24.9 Å². The van der Waals surface area contributed by atoms with Gasteiger partial charge in [0.1, 0.15) is 0 Å². The Morgan fingerprint density at radius 2 is 1.89 bits per heavy atom. The van der Waals surface area contributed by atoms with Gasteiger partial charge in [-0.3, -0.25) is 0 Å². The van der Waals surface area contributed by atoms with Gasteiger partial charge in [-0.15, -0.1) is 0 Å². The Morgan fingerprint density at radius 1 is 1.21 bits per heavy atom. The fourth-order valence-corrected chi connectivity index (χ4v) is 2.36. The molecule has 0 unspecified atom stereocenters. The summed E-state index contributed by atoms with van der Waals surface area (Å²) in [6, 6.07) is 3.65. The summed E-state index contributed by atoms with van der Waals surface area (Å²) in [5, 5.41) is 3.82. The van der Waals surface area contributed by atoms with Crippen LogP contribution in [0.4, 0.5) is 18.3 Å². The summed E-state index contributed by atoms with van der Waals surface area (Å²) in [4.78, 5) is 4.20. The van der Waals surface area contributed by atoms with Gasteiger partial charge in [0.2, 0.25) is 0 Å². The Bertz CT molecular complexity index is 582. The highest BCUT2D eigenvalue weighted by molar-refractivity contribution is 7.22. The van der Waals surface area contributed by atoms with E-state index in [1.165, 1.54) is 17.4 Å². The summed E-state index contributed by atoms with van der Waals surface area (Å²) in [5.74, 6) is 0. The zero-order valence-corrected chi connectivity index (χ0v) is 11.7. The number of rotatable bonds is 2. The molecule has 0 aliphatic heterocycles. The Hall–Kier alpha value is -1.30. The average Bonchev–Trinajstić information content (AvgIpc) is 2.65. The summed E-state index contributed by atoms with van der Waals surface area (Å²) in [6.45, 7) is 6.96. The van der Waals surface area contributed by atoms with Crippen LogP contribution < -0.4 is 5.32 Å². The first-order chi connectivity index (χ1) is 8.65. The number of halogens is 3. The first-order valence-corrected chi connectivity index (χ1v) is 6.68. The number of thiazole rings is 1. The van der Waals surface area contributed by atoms with Crippen molar-refractivity contribution >= 4 is 26.7 Å². The van der Waals surface area contributed by atoms with Crippen LogP contribution in [-0.2, 0) is 6.18 Å². The van der Waals surface area contributed by atoms with E-state index in [1.54, 1.807) is 0 Å². The Kier molecular flexibility index (Phi) is 3.47. The molecule has 1 N–H and O–H groups in total. The van der Waals surface area contributed by atoms with Gasteiger partial charge >= 0.3 is 6.18 Å². The molecule has 0 amide bonds. The number of benzene rings is 1. The molecule has 0 radical (unpaired) electrons. The maximum Gasteiger partial charge on any atom is 0.416 e. The molecular weight excluding hydrogens is 273 g/mol. The minimum absolute atomic E-state index is 0.0922. The van der Waals surface area contributed by atoms with Crippen molar-refractivity contribution in [3.8, 4) is 0 Å². The lowest BCUT2D eigenvalue weighted by molar-refractivity contribution is -0.137. The molecule has 0 spiro atoms. The van der Waals surface area contributed by atoms with Crippen molar-refractivity contribution in [2.75, 3.05) is 11.9 Å². The third-order valence-electron chi connectivity index (χ3n) is 2.48. The van der Waals surface area contributed by atoms with Crippen LogP contribution in [0.3, 0.4) is 0 Å². The predicted molar refractivity (Wildman–Crippen MR) is 72.6 cm³/mol. The van der Waals surface area contributed by atoms with Gasteiger partial charge in [0.05, 0.1) is 15.8 Å². The van der Waals surface area contributed by atoms with Crippen LogP contribution in [0.5, 0.6) is 0 Å². The monoisotopic (exact) mass is 288 g/mol. The lowest BCUT2D eigenvalue weighted by Crippen LogP contribution is -2.18. The summed E-state index contributed by atoms with van der Waals surface area (Å²) in [7, 11) is 0. The van der Waals surface area contributed by atoms with E-state index in [9.17, 15) is 13.2 Å². The average molecular weight is 288 g/mol. The molecule has 0 atom stereocenters. The molecule has 2 rings (SSSR count). The summed E-state index contributed by atoms with van der Waals surface area (Å²) in [6.07, 6.45) is -4.32. The number of aromatic nitrogens is 1. The van der Waals surface area contributed by atoms with Crippen molar-refractivity contribution in [2.24, 2.45) is 5.41 Å². The van der Waals surface area contributed by atoms with Crippen molar-refractivity contribution in [1.29, 1.82) is 0 Å². The maximum absolute atomic E-state index is 12.6. The molecule has 0 saturated heterocycles. The Labute approximate surface area is 113 Å². The SMILES string of the molecule is CC(C)(C)CNc1nc2cc(C(F)(F)F)ccc2s1. The lowest BCUT2D eigenvalue weighted by Gasteiger charge is -2.17. The van der Waals surface area contributed by atoms with Crippen molar-refractivity contribution in [1.82, 2.24) is 4.98 Å². The summed E-state index contributed by atoms with van der Waals surface area (Å²) >= 11 is 1.37. The second-order valence-electron chi connectivity index (χ2n) is 5.61. The van der Waals surface area contributed by atoms with Crippen LogP contribution >= 0.6 is 11.3 Å². The van der Waals surface area contributed by atoms with Gasteiger partial charge in [-0.05, 0) is 23.6 Å². The van der Waals surface area contributed by atoms with E-state index >= 15 is 0 Å². The van der Waals surface area contributed by atoms with E-state index < -0.39 is 11.7 Å². The van der Waals surface area contributed by atoms with Crippen molar-refractivity contribution in [3.05, 3.63) is 23.8 Å². The first kappa shape index (κ1) is 14.1. The minimum Gasteiger partial charge on any atom is -0.361 e. The first-order valence-electron chi connectivity index (χ1n) is 5.87. The van der Waals surface area contributed by atoms with Gasteiger partial charge in [-0.2, -0.15) is 13.2 Å². The van der Waals surface area contributed by atoms with Crippen LogP contribution in [0.15, 0.2) is 18.2 Å². The zero-order chi connectivity index (χ0) is 14.3. The van der Waals surface area contributed by atoms with E-state index in [0.29, 0.717) is 10.6 Å². The molecule has 1 heterocycles. The molecular formula is C13H15F3N2S. The fraction of sp³-hybridized carbons (Fsp3) is 0.462. The molecule has 1 aromatic heterocycles. The molecule has 19 heavy (non-hydrogen) atoms. The number of nitrogens with one attached hydrogen (secondary N) is 1. The quantitative estimate of drug-likeness (QED) is 0.860. The highest BCUT2D eigenvalue weighted by atomic mass is 32.1. The second-order valence-corrected chi connectivity index (χ2v) is 6.64. The molecule has 0 aliphatic carbocycles. The number of anilines is 1. The third-order valence-corrected chi connectivity index (χ3v) is 3.48. The van der Waals surface area contributed by atoms with Gasteiger partial charge in [-0.1, -0.05) is 32.1 Å². The lowest BCUT2D eigenvalue weighted by atomic mass is 9.97. The maximum atomic E-state index is 12.6. The molecule has 1 aromatic carbocycles. The Balaban J connectivity index is 2.26. The zero-order valence-electron chi connectivity index (χ0n) is 10.9. The number of hydrogen-bond donors (Lipinski definition) is 1. The standard InChI is InChI=1S/C13H15F3N2S/c1-12(2,3)7-17-11-18-9-6-8(13(14,15)16)4-5-10(9)19-11/h4-6H,7H2,1-3H3,(H,17,18). The second kappa shape index (κ2) is 4.67. The summed E-state index contributed by atoms with van der Waals surface area (Å²) in [5.41, 5.74) is -0.182. The fourth-order valence-electron chi connectivity index (χ4n) is 1.52. The van der Waals surface area contributed by atoms with Crippen LogP contribution in [0.25, 0.3) is 10.2 Å². The van der Waals surface area contributed by atoms with Crippen LogP contribution in [0.1, 0.15) is 26.3 Å². The van der Waals surface area contributed by atoms with Crippen molar-refractivity contribution in [3.63, 3.8) is 0 Å². The van der Waals surface area contributed by atoms with Crippen molar-refractivity contribution in [2.45, 2.75) is 26.9 Å². The normalized spacial score (nSPS) is 12.9. The van der Waals surface area contributed by atoms with E-state index in [1.807, 2.05) is 0 Å². The molecule has 2 nitrogen and oxygen atoms in total. The van der Waals surface area contributed by atoms with Gasteiger partial charge in [0.15, 0.2) is 5.13 Å². The number of hydrogen-bond acceptors (Lipinski definition) is 3. The predicted octanol–water partition coefficient (Wildman–Crippen LogP) is 4.77. The molecule has 0 aliphatic rings. The molecule has 0 fully saturated rings. The molecule has 6 heteroatoms. The van der Waals surface area contributed by atoms with E-state index in [2.05, 4.69) is 31.1 Å². The van der Waals surface area contributed by atoms with Crippen LogP contribution in [-0.4, -0.2) is 11.5 Å². The summed E-state index contributed by atoms with van der Waals surface area (Å²) < 4.78 is 38.5. The van der Waals surface area contributed by atoms with Gasteiger partial charge in [0, 0.05) is 6.54 Å². The molecule has 0 saturated carbocycles. The smallest absolute Gasteiger partial charge is 0.361 e. The minimum atomic E-state index is -4.32. The third kappa shape index (κ3) is 3.59. The molecule has 0 bridgehead atoms. The highest BCUT2D eigenvalue weighted by Gasteiger charge is 2.30. The Morgan fingerprint density at radius 3 is 2.47 bits per heavy atom. The largest absolute Gasteiger partial charge is 0.416 e. The van der Waals surface area contributed by atoms with Crippen LogP contribution in [0, 0.1) is 5.41 Å². The van der Waals surface area contributed by atoms with Crippen molar-refractivity contribution < 1.29 is 13.2 Å². The van der Waals surface area contributed by atoms with Gasteiger partial charge in [0.25, 0.3) is 0 Å².